The summed E-state index contributed by atoms with van der Waals surface area (Å²) in [6.45, 7) is 7.79. The fraction of sp³-hybridized carbons (Fsp3) is 1.00. The second-order valence-electron chi connectivity index (χ2n) is 6.15. The first kappa shape index (κ1) is 16.2. The van der Waals surface area contributed by atoms with Crippen LogP contribution < -0.4 is 5.32 Å². The lowest BCUT2D eigenvalue weighted by Crippen LogP contribution is -2.42. The van der Waals surface area contributed by atoms with Gasteiger partial charge in [-0.05, 0) is 38.9 Å². The van der Waals surface area contributed by atoms with E-state index in [0.29, 0.717) is 13.2 Å². The molecule has 2 aliphatic heterocycles. The molecule has 2 saturated heterocycles. The number of ether oxygens (including phenoxy) is 1. The Labute approximate surface area is 123 Å². The van der Waals surface area contributed by atoms with Gasteiger partial charge in [0.15, 0.2) is 0 Å². The van der Waals surface area contributed by atoms with E-state index in [4.69, 9.17) is 4.74 Å². The summed E-state index contributed by atoms with van der Waals surface area (Å²) < 4.78 is 4.98. The number of aliphatic hydroxyl groups is 1. The van der Waals surface area contributed by atoms with Gasteiger partial charge in [0.05, 0.1) is 12.7 Å². The molecule has 20 heavy (non-hydrogen) atoms. The standard InChI is InChI=1S/C15H31N3O2/c1-20-10-6-16-11-15(19)13-17-9-5-14(12-17)18-7-3-2-4-8-18/h14-16,19H,2-13H2,1H3. The average molecular weight is 285 g/mol. The summed E-state index contributed by atoms with van der Waals surface area (Å²) in [4.78, 5) is 5.08. The molecule has 0 aromatic rings. The van der Waals surface area contributed by atoms with E-state index in [9.17, 15) is 5.11 Å². The van der Waals surface area contributed by atoms with Crippen LogP contribution in [0.25, 0.3) is 0 Å². The maximum atomic E-state index is 10.0. The van der Waals surface area contributed by atoms with Crippen LogP contribution in [0.5, 0.6) is 0 Å². The minimum absolute atomic E-state index is 0.271. The first-order valence-electron chi connectivity index (χ1n) is 8.13. The summed E-state index contributed by atoms with van der Waals surface area (Å²) >= 11 is 0. The van der Waals surface area contributed by atoms with Crippen LogP contribution in [0, 0.1) is 0 Å². The van der Waals surface area contributed by atoms with Crippen LogP contribution in [0.3, 0.4) is 0 Å². The molecule has 2 atom stereocenters. The lowest BCUT2D eigenvalue weighted by atomic mass is 10.1. The van der Waals surface area contributed by atoms with Gasteiger partial charge in [-0.1, -0.05) is 6.42 Å². The topological polar surface area (TPSA) is 48.0 Å². The maximum absolute atomic E-state index is 10.0. The normalized spacial score (nSPS) is 27.0. The van der Waals surface area contributed by atoms with Crippen molar-refractivity contribution in [3.05, 3.63) is 0 Å². The largest absolute Gasteiger partial charge is 0.390 e. The number of nitrogens with zero attached hydrogens (tertiary/aromatic N) is 2. The monoisotopic (exact) mass is 285 g/mol. The predicted octanol–water partition coefficient (Wildman–Crippen LogP) is 0.144. The summed E-state index contributed by atoms with van der Waals surface area (Å²) in [5.74, 6) is 0. The SMILES string of the molecule is COCCNCC(O)CN1CCC(N2CCCCC2)C1. The highest BCUT2D eigenvalue weighted by Gasteiger charge is 2.29. The zero-order valence-electron chi connectivity index (χ0n) is 12.9. The van der Waals surface area contributed by atoms with Crippen molar-refractivity contribution in [2.75, 3.05) is 59.5 Å². The van der Waals surface area contributed by atoms with Crippen molar-refractivity contribution in [3.8, 4) is 0 Å². The van der Waals surface area contributed by atoms with Crippen LogP contribution in [0.4, 0.5) is 0 Å². The van der Waals surface area contributed by atoms with E-state index in [-0.39, 0.29) is 6.10 Å². The van der Waals surface area contributed by atoms with Crippen LogP contribution in [0.1, 0.15) is 25.7 Å². The minimum Gasteiger partial charge on any atom is -0.390 e. The molecule has 0 aromatic heterocycles. The molecule has 0 spiro atoms. The molecule has 5 nitrogen and oxygen atoms in total. The van der Waals surface area contributed by atoms with Crippen LogP contribution in [0.2, 0.25) is 0 Å². The molecular weight excluding hydrogens is 254 g/mol. The number of nitrogens with one attached hydrogen (secondary N) is 1. The molecule has 2 N–H and O–H groups in total. The second-order valence-corrected chi connectivity index (χ2v) is 6.15. The maximum Gasteiger partial charge on any atom is 0.0791 e. The molecule has 2 rings (SSSR count). The number of aliphatic hydroxyl groups excluding tert-OH is 1. The summed E-state index contributed by atoms with van der Waals surface area (Å²) in [6.07, 6.45) is 5.13. The van der Waals surface area contributed by atoms with E-state index in [0.717, 1.165) is 32.2 Å². The average Bonchev–Trinajstić information content (AvgIpc) is 2.93. The third-order valence-electron chi connectivity index (χ3n) is 4.49. The van der Waals surface area contributed by atoms with Gasteiger partial charge < -0.3 is 15.2 Å². The summed E-state index contributed by atoms with van der Waals surface area (Å²) in [5.41, 5.74) is 0. The van der Waals surface area contributed by atoms with Crippen molar-refractivity contribution in [1.82, 2.24) is 15.1 Å². The number of hydrogen-bond donors (Lipinski definition) is 2. The van der Waals surface area contributed by atoms with Gasteiger partial charge in [0, 0.05) is 39.3 Å². The van der Waals surface area contributed by atoms with Crippen LogP contribution >= 0.6 is 0 Å². The lowest BCUT2D eigenvalue weighted by Gasteiger charge is -2.32. The molecule has 2 aliphatic rings. The Morgan fingerprint density at radius 1 is 1.25 bits per heavy atom. The number of rotatable bonds is 8. The van der Waals surface area contributed by atoms with Gasteiger partial charge in [-0.25, -0.2) is 0 Å². The van der Waals surface area contributed by atoms with Crippen molar-refractivity contribution in [1.29, 1.82) is 0 Å². The summed E-state index contributed by atoms with van der Waals surface area (Å²) in [6, 6.07) is 0.726. The fourth-order valence-electron chi connectivity index (χ4n) is 3.37. The molecular formula is C15H31N3O2. The molecule has 0 saturated carbocycles. The minimum atomic E-state index is -0.271. The Kier molecular flexibility index (Phi) is 7.24. The van der Waals surface area contributed by atoms with E-state index in [1.54, 1.807) is 7.11 Å². The van der Waals surface area contributed by atoms with Crippen molar-refractivity contribution < 1.29 is 9.84 Å². The van der Waals surface area contributed by atoms with Crippen LogP contribution in [0.15, 0.2) is 0 Å². The van der Waals surface area contributed by atoms with Crippen molar-refractivity contribution >= 4 is 0 Å². The van der Waals surface area contributed by atoms with E-state index in [2.05, 4.69) is 15.1 Å². The summed E-state index contributed by atoms with van der Waals surface area (Å²) in [5, 5.41) is 13.3. The van der Waals surface area contributed by atoms with Crippen molar-refractivity contribution in [2.45, 2.75) is 37.8 Å². The van der Waals surface area contributed by atoms with Gasteiger partial charge in [0.25, 0.3) is 0 Å². The Balaban J connectivity index is 1.60. The molecule has 0 aliphatic carbocycles. The van der Waals surface area contributed by atoms with Crippen LogP contribution in [-0.4, -0.2) is 86.6 Å². The Hall–Kier alpha value is -0.200. The third-order valence-corrected chi connectivity index (χ3v) is 4.49. The van der Waals surface area contributed by atoms with Gasteiger partial charge in [0.2, 0.25) is 0 Å². The molecule has 0 radical (unpaired) electrons. The highest BCUT2D eigenvalue weighted by Crippen LogP contribution is 2.20. The molecule has 2 heterocycles. The smallest absolute Gasteiger partial charge is 0.0791 e. The van der Waals surface area contributed by atoms with E-state index in [1.165, 1.54) is 38.8 Å². The number of hydrogen-bond acceptors (Lipinski definition) is 5. The Morgan fingerprint density at radius 3 is 2.80 bits per heavy atom. The highest BCUT2D eigenvalue weighted by atomic mass is 16.5. The van der Waals surface area contributed by atoms with Gasteiger partial charge in [0.1, 0.15) is 0 Å². The van der Waals surface area contributed by atoms with Crippen molar-refractivity contribution in [3.63, 3.8) is 0 Å². The van der Waals surface area contributed by atoms with Gasteiger partial charge >= 0.3 is 0 Å². The van der Waals surface area contributed by atoms with Gasteiger partial charge in [-0.15, -0.1) is 0 Å². The zero-order valence-corrected chi connectivity index (χ0v) is 12.9. The van der Waals surface area contributed by atoms with Gasteiger partial charge in [-0.3, -0.25) is 9.80 Å². The Bertz CT molecular complexity index is 260. The Morgan fingerprint density at radius 2 is 2.05 bits per heavy atom. The van der Waals surface area contributed by atoms with E-state index < -0.39 is 0 Å². The molecule has 5 heteroatoms. The van der Waals surface area contributed by atoms with E-state index in [1.807, 2.05) is 0 Å². The molecule has 0 amide bonds. The van der Waals surface area contributed by atoms with E-state index >= 15 is 0 Å². The number of β-amino-alcohol motifs (C(OH)–C–C–N with tert-alkyl or cyclic N) is 1. The second kappa shape index (κ2) is 8.95. The highest BCUT2D eigenvalue weighted by molar-refractivity contribution is 4.85. The number of piperidine rings is 1. The molecule has 118 valence electrons. The van der Waals surface area contributed by atoms with Crippen LogP contribution in [-0.2, 0) is 4.74 Å². The first-order valence-corrected chi connectivity index (χ1v) is 8.13. The molecule has 2 fully saturated rings. The van der Waals surface area contributed by atoms with Crippen molar-refractivity contribution in [2.24, 2.45) is 0 Å². The number of methoxy groups -OCH3 is 1. The predicted molar refractivity (Wildman–Crippen MR) is 81.0 cm³/mol. The third kappa shape index (κ3) is 5.30. The molecule has 0 bridgehead atoms. The zero-order chi connectivity index (χ0) is 14.2. The summed E-state index contributed by atoms with van der Waals surface area (Å²) in [7, 11) is 1.70. The molecule has 2 unspecified atom stereocenters. The number of likely N-dealkylation sites (tertiary alicyclic amines) is 2. The lowest BCUT2D eigenvalue weighted by molar-refractivity contribution is 0.110. The van der Waals surface area contributed by atoms with Gasteiger partial charge in [-0.2, -0.15) is 0 Å². The molecule has 0 aromatic carbocycles. The first-order chi connectivity index (χ1) is 9.79. The quantitative estimate of drug-likeness (QED) is 0.622. The fourth-order valence-corrected chi connectivity index (χ4v) is 3.37.